The van der Waals surface area contributed by atoms with E-state index in [0.717, 1.165) is 0 Å². The second kappa shape index (κ2) is 4.45. The van der Waals surface area contributed by atoms with Crippen LogP contribution in [0.3, 0.4) is 0 Å². The summed E-state index contributed by atoms with van der Waals surface area (Å²) in [5.74, 6) is 5.39. The Morgan fingerprint density at radius 2 is 2.07 bits per heavy atom. The number of rotatable bonds is 1. The summed E-state index contributed by atoms with van der Waals surface area (Å²) in [6, 6.07) is 4.85. The average molecular weight is 224 g/mol. The normalized spacial score (nSPS) is 10.6. The van der Waals surface area contributed by atoms with Gasteiger partial charge in [-0.2, -0.15) is 0 Å². The van der Waals surface area contributed by atoms with Crippen molar-refractivity contribution in [3.05, 3.63) is 29.3 Å². The van der Waals surface area contributed by atoms with Crippen LogP contribution in [-0.4, -0.2) is 15.0 Å². The molecular weight excluding hydrogens is 212 g/mol. The molecule has 0 aliphatic heterocycles. The van der Waals surface area contributed by atoms with Crippen LogP contribution in [0.5, 0.6) is 0 Å². The molecule has 0 unspecified atom stereocenters. The van der Waals surface area contributed by atoms with E-state index in [-0.39, 0.29) is 11.4 Å². The predicted octanol–water partition coefficient (Wildman–Crippen LogP) is -0.0474. The van der Waals surface area contributed by atoms with Crippen molar-refractivity contribution in [1.29, 1.82) is 0 Å². The Kier molecular flexibility index (Phi) is 3.48. The summed E-state index contributed by atoms with van der Waals surface area (Å²) in [6.07, 6.45) is 0. The highest BCUT2D eigenvalue weighted by molar-refractivity contribution is 7.89. The SMILES string of the molecule is Cc1ccc(C#CCN)cc1S(N)(=O)=O. The predicted molar refractivity (Wildman–Crippen MR) is 58.5 cm³/mol. The lowest BCUT2D eigenvalue weighted by Crippen LogP contribution is -2.13. The number of aryl methyl sites for hydroxylation is 1. The van der Waals surface area contributed by atoms with Gasteiger partial charge in [-0.25, -0.2) is 13.6 Å². The first-order valence-corrected chi connectivity index (χ1v) is 5.82. The Morgan fingerprint density at radius 1 is 1.40 bits per heavy atom. The Morgan fingerprint density at radius 3 is 2.60 bits per heavy atom. The smallest absolute Gasteiger partial charge is 0.238 e. The molecule has 1 aromatic rings. The van der Waals surface area contributed by atoms with Crippen molar-refractivity contribution >= 4 is 10.0 Å². The lowest BCUT2D eigenvalue weighted by molar-refractivity contribution is 0.597. The fourth-order valence-electron chi connectivity index (χ4n) is 1.14. The molecule has 1 rings (SSSR count). The monoisotopic (exact) mass is 224 g/mol. The molecule has 0 heterocycles. The minimum absolute atomic E-state index is 0.103. The Hall–Kier alpha value is -1.35. The van der Waals surface area contributed by atoms with Crippen molar-refractivity contribution in [2.24, 2.45) is 10.9 Å². The molecule has 0 amide bonds. The van der Waals surface area contributed by atoms with E-state index >= 15 is 0 Å². The zero-order chi connectivity index (χ0) is 11.5. The minimum Gasteiger partial charge on any atom is -0.320 e. The van der Waals surface area contributed by atoms with Gasteiger partial charge in [-0.05, 0) is 24.6 Å². The molecule has 80 valence electrons. The Bertz CT molecular complexity index is 524. The molecule has 0 saturated carbocycles. The molecule has 0 bridgehead atoms. The van der Waals surface area contributed by atoms with E-state index in [9.17, 15) is 8.42 Å². The van der Waals surface area contributed by atoms with Crippen LogP contribution < -0.4 is 10.9 Å². The number of primary sulfonamides is 1. The topological polar surface area (TPSA) is 86.2 Å². The first-order chi connectivity index (χ1) is 6.95. The van der Waals surface area contributed by atoms with Crippen molar-refractivity contribution in [1.82, 2.24) is 0 Å². The number of benzene rings is 1. The summed E-state index contributed by atoms with van der Waals surface area (Å²) in [7, 11) is -3.68. The van der Waals surface area contributed by atoms with E-state index in [1.54, 1.807) is 19.1 Å². The van der Waals surface area contributed by atoms with Gasteiger partial charge < -0.3 is 5.73 Å². The van der Waals surface area contributed by atoms with Crippen LogP contribution in [0.1, 0.15) is 11.1 Å². The van der Waals surface area contributed by atoms with Crippen LogP contribution in [0, 0.1) is 18.8 Å². The summed E-state index contributed by atoms with van der Waals surface area (Å²) < 4.78 is 22.4. The summed E-state index contributed by atoms with van der Waals surface area (Å²) in [4.78, 5) is 0.103. The molecule has 0 atom stereocenters. The maximum absolute atomic E-state index is 11.2. The molecule has 0 fully saturated rings. The largest absolute Gasteiger partial charge is 0.320 e. The summed E-state index contributed by atoms with van der Waals surface area (Å²) in [5.41, 5.74) is 6.41. The van der Waals surface area contributed by atoms with Gasteiger partial charge in [-0.3, -0.25) is 0 Å². The average Bonchev–Trinajstić information content (AvgIpc) is 2.15. The summed E-state index contributed by atoms with van der Waals surface area (Å²) >= 11 is 0. The molecule has 0 aromatic heterocycles. The van der Waals surface area contributed by atoms with Gasteiger partial charge in [0, 0.05) is 5.56 Å². The maximum atomic E-state index is 11.2. The highest BCUT2D eigenvalue weighted by Gasteiger charge is 2.11. The molecule has 0 aliphatic carbocycles. The molecular formula is C10H12N2O2S. The molecule has 0 spiro atoms. The van der Waals surface area contributed by atoms with Gasteiger partial charge in [0.05, 0.1) is 11.4 Å². The Balaban J connectivity index is 3.30. The van der Waals surface area contributed by atoms with Crippen molar-refractivity contribution in [3.63, 3.8) is 0 Å². The molecule has 1 aromatic carbocycles. The fourth-order valence-corrected chi connectivity index (χ4v) is 1.95. The summed E-state index contributed by atoms with van der Waals surface area (Å²) in [5, 5.41) is 5.05. The molecule has 0 aliphatic rings. The van der Waals surface area contributed by atoms with Crippen LogP contribution in [0.4, 0.5) is 0 Å². The molecule has 4 N–H and O–H groups in total. The van der Waals surface area contributed by atoms with Gasteiger partial charge in [-0.1, -0.05) is 17.9 Å². The van der Waals surface area contributed by atoms with Crippen LogP contribution in [0.15, 0.2) is 23.1 Å². The first-order valence-electron chi connectivity index (χ1n) is 4.27. The van der Waals surface area contributed by atoms with Gasteiger partial charge in [0.15, 0.2) is 0 Å². The van der Waals surface area contributed by atoms with E-state index in [1.165, 1.54) is 6.07 Å². The van der Waals surface area contributed by atoms with Crippen molar-refractivity contribution in [2.45, 2.75) is 11.8 Å². The van der Waals surface area contributed by atoms with Crippen molar-refractivity contribution in [3.8, 4) is 11.8 Å². The number of nitrogens with two attached hydrogens (primary N) is 2. The second-order valence-corrected chi connectivity index (χ2v) is 4.56. The van der Waals surface area contributed by atoms with Crippen LogP contribution in [0.25, 0.3) is 0 Å². The number of hydrogen-bond acceptors (Lipinski definition) is 3. The quantitative estimate of drug-likeness (QED) is 0.656. The number of hydrogen-bond donors (Lipinski definition) is 2. The van der Waals surface area contributed by atoms with Gasteiger partial charge >= 0.3 is 0 Å². The van der Waals surface area contributed by atoms with Gasteiger partial charge in [0.1, 0.15) is 0 Å². The van der Waals surface area contributed by atoms with E-state index in [0.29, 0.717) is 11.1 Å². The first kappa shape index (κ1) is 11.7. The molecule has 0 radical (unpaired) electrons. The summed E-state index contributed by atoms with van der Waals surface area (Å²) in [6.45, 7) is 1.92. The van der Waals surface area contributed by atoms with E-state index in [2.05, 4.69) is 11.8 Å². The lowest BCUT2D eigenvalue weighted by Gasteiger charge is -2.03. The molecule has 0 saturated heterocycles. The van der Waals surface area contributed by atoms with Crippen molar-refractivity contribution < 1.29 is 8.42 Å². The van der Waals surface area contributed by atoms with Gasteiger partial charge in [0.25, 0.3) is 0 Å². The van der Waals surface area contributed by atoms with Crippen molar-refractivity contribution in [2.75, 3.05) is 6.54 Å². The molecule has 15 heavy (non-hydrogen) atoms. The van der Waals surface area contributed by atoms with Crippen LogP contribution in [-0.2, 0) is 10.0 Å². The third-order valence-electron chi connectivity index (χ3n) is 1.83. The second-order valence-electron chi connectivity index (χ2n) is 3.03. The lowest BCUT2D eigenvalue weighted by atomic mass is 10.1. The van der Waals surface area contributed by atoms with Gasteiger partial charge in [-0.15, -0.1) is 0 Å². The standard InChI is InChI=1S/C10H12N2O2S/c1-8-4-5-9(3-2-6-11)7-10(8)15(12,13)14/h4-5,7H,6,11H2,1H3,(H2,12,13,14). The zero-order valence-electron chi connectivity index (χ0n) is 8.32. The minimum atomic E-state index is -3.68. The fraction of sp³-hybridized carbons (Fsp3) is 0.200. The highest BCUT2D eigenvalue weighted by atomic mass is 32.2. The molecule has 5 heteroatoms. The van der Waals surface area contributed by atoms with Gasteiger partial charge in [0.2, 0.25) is 10.0 Å². The highest BCUT2D eigenvalue weighted by Crippen LogP contribution is 2.14. The zero-order valence-corrected chi connectivity index (χ0v) is 9.14. The third-order valence-corrected chi connectivity index (χ3v) is 2.88. The van der Waals surface area contributed by atoms with E-state index < -0.39 is 10.0 Å². The maximum Gasteiger partial charge on any atom is 0.238 e. The van der Waals surface area contributed by atoms with E-state index in [4.69, 9.17) is 10.9 Å². The van der Waals surface area contributed by atoms with E-state index in [1.807, 2.05) is 0 Å². The molecule has 4 nitrogen and oxygen atoms in total. The van der Waals surface area contributed by atoms with Crippen LogP contribution in [0.2, 0.25) is 0 Å². The van der Waals surface area contributed by atoms with Crippen LogP contribution >= 0.6 is 0 Å². The third kappa shape index (κ3) is 3.06. The Labute approximate surface area is 89.3 Å². The number of sulfonamides is 1.